The Hall–Kier alpha value is -2.24. The number of nitrogen functional groups attached to an aromatic ring is 1. The molecule has 2 N–H and O–H groups in total. The van der Waals surface area contributed by atoms with E-state index in [1.807, 2.05) is 0 Å². The van der Waals surface area contributed by atoms with Crippen molar-refractivity contribution in [2.45, 2.75) is 13.1 Å². The van der Waals surface area contributed by atoms with Gasteiger partial charge in [0.15, 0.2) is 11.5 Å². The normalized spacial score (nSPS) is 12.2. The Morgan fingerprint density at radius 2 is 2.00 bits per heavy atom. The maximum absolute atomic E-state index is 13.5. The summed E-state index contributed by atoms with van der Waals surface area (Å²) in [5, 5.41) is 3.61. The van der Waals surface area contributed by atoms with Gasteiger partial charge in [-0.25, -0.2) is 4.39 Å². The van der Waals surface area contributed by atoms with Crippen molar-refractivity contribution in [1.29, 1.82) is 0 Å². The molecule has 1 heterocycles. The van der Waals surface area contributed by atoms with Crippen LogP contribution < -0.4 is 15.2 Å². The fourth-order valence-corrected chi connectivity index (χ4v) is 1.87. The van der Waals surface area contributed by atoms with Crippen LogP contribution >= 0.6 is 0 Å². The number of alkyl halides is 1. The van der Waals surface area contributed by atoms with Gasteiger partial charge in [-0.05, 0) is 24.6 Å². The molecule has 0 fully saturated rings. The number of nitrogens with zero attached hydrogens (tertiary/aromatic N) is 1. The number of nitrogens with two attached hydrogens (primary N) is 1. The zero-order chi connectivity index (χ0) is 14.0. The van der Waals surface area contributed by atoms with E-state index in [0.717, 1.165) is 0 Å². The van der Waals surface area contributed by atoms with Crippen LogP contribution in [0.2, 0.25) is 0 Å². The molecular weight excluding hydrogens is 251 g/mol. The van der Waals surface area contributed by atoms with Crippen LogP contribution in [0.5, 0.6) is 11.5 Å². The van der Waals surface area contributed by atoms with Gasteiger partial charge < -0.3 is 19.7 Å². The second kappa shape index (κ2) is 5.17. The quantitative estimate of drug-likeness (QED) is 0.921. The number of benzene rings is 1. The maximum Gasteiger partial charge on any atom is 0.230 e. The van der Waals surface area contributed by atoms with E-state index in [0.29, 0.717) is 28.2 Å². The van der Waals surface area contributed by atoms with Crippen molar-refractivity contribution < 1.29 is 18.4 Å². The Morgan fingerprint density at radius 3 is 2.47 bits per heavy atom. The number of anilines is 1. The Morgan fingerprint density at radius 1 is 1.26 bits per heavy atom. The molecule has 2 aromatic rings. The molecule has 0 aliphatic heterocycles. The Balaban J connectivity index is 2.70. The summed E-state index contributed by atoms with van der Waals surface area (Å²) in [5.74, 6) is 1.03. The highest BCUT2D eigenvalue weighted by atomic mass is 19.1. The van der Waals surface area contributed by atoms with E-state index in [4.69, 9.17) is 19.7 Å². The number of hydrogen-bond donors (Lipinski definition) is 1. The largest absolute Gasteiger partial charge is 0.493 e. The predicted octanol–water partition coefficient (Wildman–Crippen LogP) is 2.97. The summed E-state index contributed by atoms with van der Waals surface area (Å²) in [6.07, 6.45) is 0.318. The predicted molar refractivity (Wildman–Crippen MR) is 69.0 cm³/mol. The summed E-state index contributed by atoms with van der Waals surface area (Å²) in [7, 11) is 2.99. The molecule has 6 heteroatoms. The average molecular weight is 266 g/mol. The second-order valence-corrected chi connectivity index (χ2v) is 4.02. The fraction of sp³-hybridized carbons (Fsp3) is 0.308. The monoisotopic (exact) mass is 266 g/mol. The van der Waals surface area contributed by atoms with E-state index in [1.165, 1.54) is 27.3 Å². The van der Waals surface area contributed by atoms with E-state index < -0.39 is 6.17 Å². The van der Waals surface area contributed by atoms with Crippen molar-refractivity contribution in [3.05, 3.63) is 23.9 Å². The van der Waals surface area contributed by atoms with Crippen molar-refractivity contribution in [2.24, 2.45) is 0 Å². The Labute approximate surface area is 110 Å². The van der Waals surface area contributed by atoms with Gasteiger partial charge in [0.05, 0.1) is 26.0 Å². The van der Waals surface area contributed by atoms with Gasteiger partial charge in [-0.15, -0.1) is 0 Å². The first kappa shape index (κ1) is 13.2. The van der Waals surface area contributed by atoms with E-state index >= 15 is 0 Å². The van der Waals surface area contributed by atoms with E-state index in [2.05, 4.69) is 5.16 Å². The minimum absolute atomic E-state index is 0.143. The minimum Gasteiger partial charge on any atom is -0.493 e. The second-order valence-electron chi connectivity index (χ2n) is 4.02. The van der Waals surface area contributed by atoms with Gasteiger partial charge in [-0.1, -0.05) is 5.16 Å². The Kier molecular flexibility index (Phi) is 3.59. The molecule has 1 aromatic carbocycles. The number of halogens is 1. The summed E-state index contributed by atoms with van der Waals surface area (Å²) in [4.78, 5) is 0. The van der Waals surface area contributed by atoms with Crippen molar-refractivity contribution in [3.8, 4) is 22.6 Å². The zero-order valence-electron chi connectivity index (χ0n) is 10.9. The van der Waals surface area contributed by atoms with Crippen molar-refractivity contribution in [1.82, 2.24) is 5.16 Å². The number of aromatic nitrogens is 1. The fourth-order valence-electron chi connectivity index (χ4n) is 1.87. The van der Waals surface area contributed by atoms with Gasteiger partial charge in [0, 0.05) is 5.56 Å². The van der Waals surface area contributed by atoms with Gasteiger partial charge in [0.1, 0.15) is 6.17 Å². The van der Waals surface area contributed by atoms with Crippen LogP contribution in [-0.4, -0.2) is 19.4 Å². The van der Waals surface area contributed by atoms with Gasteiger partial charge in [-0.2, -0.15) is 0 Å². The molecule has 1 unspecified atom stereocenters. The number of methoxy groups -OCH3 is 2. The highest BCUT2D eigenvalue weighted by molar-refractivity contribution is 5.80. The summed E-state index contributed by atoms with van der Waals surface area (Å²) in [6, 6.07) is 3.24. The van der Waals surface area contributed by atoms with Crippen LogP contribution in [0.4, 0.5) is 10.3 Å². The van der Waals surface area contributed by atoms with Crippen LogP contribution in [0.25, 0.3) is 11.1 Å². The lowest BCUT2D eigenvalue weighted by Gasteiger charge is -2.15. The van der Waals surface area contributed by atoms with Crippen LogP contribution in [-0.2, 0) is 0 Å². The molecule has 0 aliphatic carbocycles. The van der Waals surface area contributed by atoms with Crippen LogP contribution in [0.3, 0.4) is 0 Å². The van der Waals surface area contributed by atoms with Gasteiger partial charge >= 0.3 is 0 Å². The average Bonchev–Trinajstić information content (AvgIpc) is 2.82. The topological polar surface area (TPSA) is 70.5 Å². The first-order chi connectivity index (χ1) is 9.08. The third-order valence-corrected chi connectivity index (χ3v) is 2.85. The molecule has 19 heavy (non-hydrogen) atoms. The first-order valence-electron chi connectivity index (χ1n) is 5.69. The first-order valence-corrected chi connectivity index (χ1v) is 5.69. The molecule has 0 amide bonds. The van der Waals surface area contributed by atoms with Gasteiger partial charge in [0.25, 0.3) is 0 Å². The number of ether oxygens (including phenoxy) is 2. The lowest BCUT2D eigenvalue weighted by atomic mass is 10.0. The van der Waals surface area contributed by atoms with Crippen molar-refractivity contribution >= 4 is 5.88 Å². The van der Waals surface area contributed by atoms with Crippen molar-refractivity contribution in [2.75, 3.05) is 20.0 Å². The molecule has 0 bridgehead atoms. The molecular formula is C13H15FN2O3. The molecule has 1 atom stereocenters. The van der Waals surface area contributed by atoms with Gasteiger partial charge in [-0.3, -0.25) is 0 Å². The molecule has 1 aromatic heterocycles. The zero-order valence-corrected chi connectivity index (χ0v) is 10.9. The molecule has 2 rings (SSSR count). The van der Waals surface area contributed by atoms with Crippen LogP contribution in [0.1, 0.15) is 18.7 Å². The molecule has 5 nitrogen and oxygen atoms in total. The highest BCUT2D eigenvalue weighted by Gasteiger charge is 2.19. The summed E-state index contributed by atoms with van der Waals surface area (Å²) in [5.41, 5.74) is 7.28. The van der Waals surface area contributed by atoms with Gasteiger partial charge in [0.2, 0.25) is 5.88 Å². The minimum atomic E-state index is -1.14. The summed E-state index contributed by atoms with van der Waals surface area (Å²) in [6.45, 7) is 1.45. The Bertz CT molecular complexity index is 581. The summed E-state index contributed by atoms with van der Waals surface area (Å²) >= 11 is 0. The lowest BCUT2D eigenvalue weighted by Crippen LogP contribution is -1.97. The molecule has 0 saturated carbocycles. The van der Waals surface area contributed by atoms with Crippen molar-refractivity contribution in [3.63, 3.8) is 0 Å². The molecule has 0 spiro atoms. The maximum atomic E-state index is 13.5. The molecule has 102 valence electrons. The SMILES string of the molecule is COc1cc(C(C)F)cc(-c2cnoc2N)c1OC. The standard InChI is InChI=1S/C13H15FN2O3/c1-7(14)8-4-9(10-6-16-19-13(10)15)12(18-3)11(5-8)17-2/h4-7H,15H2,1-3H3. The smallest absolute Gasteiger partial charge is 0.230 e. The molecule has 0 aliphatic rings. The highest BCUT2D eigenvalue weighted by Crippen LogP contribution is 2.42. The number of rotatable bonds is 4. The number of hydrogen-bond acceptors (Lipinski definition) is 5. The van der Waals surface area contributed by atoms with E-state index in [-0.39, 0.29) is 5.88 Å². The van der Waals surface area contributed by atoms with Crippen LogP contribution in [0, 0.1) is 0 Å². The third kappa shape index (κ3) is 2.33. The third-order valence-electron chi connectivity index (χ3n) is 2.85. The van der Waals surface area contributed by atoms with Crippen LogP contribution in [0.15, 0.2) is 22.9 Å². The molecule has 0 saturated heterocycles. The van der Waals surface area contributed by atoms with E-state index in [9.17, 15) is 4.39 Å². The lowest BCUT2D eigenvalue weighted by molar-refractivity contribution is 0.348. The summed E-state index contributed by atoms with van der Waals surface area (Å²) < 4.78 is 28.9. The van der Waals surface area contributed by atoms with E-state index in [1.54, 1.807) is 12.1 Å². The molecule has 0 radical (unpaired) electrons.